The lowest BCUT2D eigenvalue weighted by Crippen LogP contribution is -2.18. The Bertz CT molecular complexity index is 574. The van der Waals surface area contributed by atoms with E-state index in [2.05, 4.69) is 5.10 Å². The van der Waals surface area contributed by atoms with Crippen molar-refractivity contribution in [1.29, 1.82) is 0 Å². The SMILES string of the molecule is Cc1ccc(S(=O)(=O)N/N=C/C=C/C(=O)O)cc1. The van der Waals surface area contributed by atoms with E-state index in [1.165, 1.54) is 12.1 Å². The number of aryl methyl sites for hydroxylation is 1. The van der Waals surface area contributed by atoms with Crippen LogP contribution in [0.5, 0.6) is 0 Å². The molecule has 0 amide bonds. The molecule has 0 unspecified atom stereocenters. The van der Waals surface area contributed by atoms with Crippen LogP contribution in [0.4, 0.5) is 0 Å². The lowest BCUT2D eigenvalue weighted by atomic mass is 10.2. The zero-order valence-electron chi connectivity index (χ0n) is 9.57. The van der Waals surface area contributed by atoms with Crippen molar-refractivity contribution in [1.82, 2.24) is 4.83 Å². The van der Waals surface area contributed by atoms with Crippen LogP contribution in [0, 0.1) is 6.92 Å². The van der Waals surface area contributed by atoms with E-state index in [4.69, 9.17) is 5.11 Å². The molecule has 0 aliphatic carbocycles. The Morgan fingerprint density at radius 2 is 1.94 bits per heavy atom. The average molecular weight is 268 g/mol. The number of nitrogens with zero attached hydrogens (tertiary/aromatic N) is 1. The van der Waals surface area contributed by atoms with E-state index in [0.717, 1.165) is 23.9 Å². The molecule has 2 N–H and O–H groups in total. The summed E-state index contributed by atoms with van der Waals surface area (Å²) in [6, 6.07) is 6.26. The highest BCUT2D eigenvalue weighted by atomic mass is 32.2. The molecule has 0 bridgehead atoms. The molecule has 0 spiro atoms. The molecular weight excluding hydrogens is 256 g/mol. The number of hydrazone groups is 1. The number of aliphatic carboxylic acids is 1. The van der Waals surface area contributed by atoms with Crippen LogP contribution >= 0.6 is 0 Å². The number of carboxylic acids is 1. The summed E-state index contributed by atoms with van der Waals surface area (Å²) in [5.74, 6) is -1.14. The molecular formula is C11H12N2O4S. The second-order valence-corrected chi connectivity index (χ2v) is 5.04. The molecule has 1 aromatic carbocycles. The third-order valence-corrected chi connectivity index (χ3v) is 3.14. The Balaban J connectivity index is 2.71. The summed E-state index contributed by atoms with van der Waals surface area (Å²) >= 11 is 0. The lowest BCUT2D eigenvalue weighted by molar-refractivity contribution is -0.131. The van der Waals surface area contributed by atoms with Gasteiger partial charge < -0.3 is 5.11 Å². The lowest BCUT2D eigenvalue weighted by Gasteiger charge is -2.02. The highest BCUT2D eigenvalue weighted by Crippen LogP contribution is 2.09. The minimum absolute atomic E-state index is 0.0902. The molecule has 1 aromatic rings. The van der Waals surface area contributed by atoms with Crippen molar-refractivity contribution in [3.05, 3.63) is 42.0 Å². The maximum atomic E-state index is 11.7. The van der Waals surface area contributed by atoms with E-state index in [-0.39, 0.29) is 4.90 Å². The first-order valence-electron chi connectivity index (χ1n) is 4.93. The first-order valence-corrected chi connectivity index (χ1v) is 6.41. The van der Waals surface area contributed by atoms with Gasteiger partial charge in [-0.3, -0.25) is 0 Å². The summed E-state index contributed by atoms with van der Waals surface area (Å²) in [4.78, 5) is 12.2. The van der Waals surface area contributed by atoms with Crippen LogP contribution in [-0.4, -0.2) is 25.7 Å². The second kappa shape index (κ2) is 5.97. The maximum absolute atomic E-state index is 11.7. The number of carbonyl (C=O) groups is 1. The number of allylic oxidation sites excluding steroid dienone is 1. The number of benzene rings is 1. The molecule has 0 radical (unpaired) electrons. The van der Waals surface area contributed by atoms with Gasteiger partial charge in [-0.05, 0) is 25.1 Å². The van der Waals surface area contributed by atoms with Crippen LogP contribution in [0.1, 0.15) is 5.56 Å². The van der Waals surface area contributed by atoms with Gasteiger partial charge in [0.25, 0.3) is 10.0 Å². The van der Waals surface area contributed by atoms with Crippen LogP contribution in [0.2, 0.25) is 0 Å². The summed E-state index contributed by atoms with van der Waals surface area (Å²) in [6.45, 7) is 1.85. The Morgan fingerprint density at radius 1 is 1.33 bits per heavy atom. The van der Waals surface area contributed by atoms with E-state index in [1.807, 2.05) is 11.8 Å². The fourth-order valence-corrected chi connectivity index (χ4v) is 1.84. The van der Waals surface area contributed by atoms with Gasteiger partial charge in [-0.1, -0.05) is 17.7 Å². The smallest absolute Gasteiger partial charge is 0.328 e. The van der Waals surface area contributed by atoms with Crippen LogP contribution in [0.25, 0.3) is 0 Å². The highest BCUT2D eigenvalue weighted by molar-refractivity contribution is 7.89. The van der Waals surface area contributed by atoms with Crippen molar-refractivity contribution in [3.63, 3.8) is 0 Å². The monoisotopic (exact) mass is 268 g/mol. The number of hydrogen-bond acceptors (Lipinski definition) is 4. The van der Waals surface area contributed by atoms with Crippen molar-refractivity contribution < 1.29 is 18.3 Å². The first kappa shape index (κ1) is 13.9. The van der Waals surface area contributed by atoms with E-state index in [9.17, 15) is 13.2 Å². The van der Waals surface area contributed by atoms with Gasteiger partial charge in [0.05, 0.1) is 4.90 Å². The molecule has 0 aliphatic heterocycles. The van der Waals surface area contributed by atoms with Crippen LogP contribution in [-0.2, 0) is 14.8 Å². The second-order valence-electron chi connectivity index (χ2n) is 3.38. The molecule has 1 rings (SSSR count). The van der Waals surface area contributed by atoms with Crippen molar-refractivity contribution in [2.24, 2.45) is 5.10 Å². The van der Waals surface area contributed by atoms with Gasteiger partial charge in [0, 0.05) is 12.3 Å². The van der Waals surface area contributed by atoms with Gasteiger partial charge in [0.15, 0.2) is 0 Å². The Labute approximate surface area is 105 Å². The Morgan fingerprint density at radius 3 is 2.50 bits per heavy atom. The average Bonchev–Trinajstić information content (AvgIpc) is 2.28. The number of nitrogens with one attached hydrogen (secondary N) is 1. The van der Waals surface area contributed by atoms with Crippen molar-refractivity contribution >= 4 is 22.2 Å². The van der Waals surface area contributed by atoms with Crippen molar-refractivity contribution in [2.45, 2.75) is 11.8 Å². The van der Waals surface area contributed by atoms with Gasteiger partial charge in [0.1, 0.15) is 0 Å². The summed E-state index contributed by atoms with van der Waals surface area (Å²) in [6.07, 6.45) is 2.99. The zero-order valence-corrected chi connectivity index (χ0v) is 10.4. The number of sulfonamides is 1. The molecule has 0 saturated carbocycles. The molecule has 7 heteroatoms. The summed E-state index contributed by atoms with van der Waals surface area (Å²) in [5, 5.41) is 11.7. The molecule has 0 aliphatic rings. The topological polar surface area (TPSA) is 95.8 Å². The molecule has 0 fully saturated rings. The largest absolute Gasteiger partial charge is 0.478 e. The normalized spacial score (nSPS) is 12.1. The van der Waals surface area contributed by atoms with Gasteiger partial charge in [-0.25, -0.2) is 9.63 Å². The van der Waals surface area contributed by atoms with Crippen LogP contribution in [0.15, 0.2) is 46.4 Å². The fourth-order valence-electron chi connectivity index (χ4n) is 1.04. The van der Waals surface area contributed by atoms with E-state index >= 15 is 0 Å². The van der Waals surface area contributed by atoms with Crippen LogP contribution in [0.3, 0.4) is 0 Å². The molecule has 96 valence electrons. The number of carboxylic acid groups (broad SMARTS) is 1. The molecule has 18 heavy (non-hydrogen) atoms. The van der Waals surface area contributed by atoms with E-state index < -0.39 is 16.0 Å². The number of rotatable bonds is 5. The molecule has 6 nitrogen and oxygen atoms in total. The summed E-state index contributed by atoms with van der Waals surface area (Å²) in [7, 11) is -3.71. The van der Waals surface area contributed by atoms with Gasteiger partial charge >= 0.3 is 5.97 Å². The van der Waals surface area contributed by atoms with Crippen molar-refractivity contribution in [3.8, 4) is 0 Å². The quantitative estimate of drug-likeness (QED) is 0.471. The van der Waals surface area contributed by atoms with Gasteiger partial charge in [-0.15, -0.1) is 0 Å². The first-order chi connectivity index (χ1) is 8.42. The van der Waals surface area contributed by atoms with Crippen molar-refractivity contribution in [2.75, 3.05) is 0 Å². The third kappa shape index (κ3) is 4.38. The minimum atomic E-state index is -3.71. The molecule has 0 aromatic heterocycles. The molecule has 0 atom stereocenters. The van der Waals surface area contributed by atoms with Gasteiger partial charge in [0.2, 0.25) is 0 Å². The van der Waals surface area contributed by atoms with E-state index in [0.29, 0.717) is 0 Å². The molecule has 0 saturated heterocycles. The van der Waals surface area contributed by atoms with Crippen LogP contribution < -0.4 is 4.83 Å². The Hall–Kier alpha value is -2.15. The van der Waals surface area contributed by atoms with E-state index in [1.54, 1.807) is 12.1 Å². The predicted molar refractivity (Wildman–Crippen MR) is 66.8 cm³/mol. The molecule has 0 heterocycles. The Kier molecular flexibility index (Phi) is 4.61. The minimum Gasteiger partial charge on any atom is -0.478 e. The zero-order chi connectivity index (χ0) is 13.6. The third-order valence-electron chi connectivity index (χ3n) is 1.90. The van der Waals surface area contributed by atoms with Gasteiger partial charge in [-0.2, -0.15) is 13.5 Å². The fraction of sp³-hybridized carbons (Fsp3) is 0.0909. The summed E-state index contributed by atoms with van der Waals surface area (Å²) < 4.78 is 23.4. The maximum Gasteiger partial charge on any atom is 0.328 e. The number of hydrogen-bond donors (Lipinski definition) is 2. The summed E-state index contributed by atoms with van der Waals surface area (Å²) in [5.41, 5.74) is 0.946. The highest BCUT2D eigenvalue weighted by Gasteiger charge is 2.11. The standard InChI is InChI=1S/C11H12N2O4S/c1-9-4-6-10(7-5-9)18(16,17)13-12-8-2-3-11(14)15/h2-8,13H,1H3,(H,14,15)/b3-2+,12-8+. The predicted octanol–water partition coefficient (Wildman–Crippen LogP) is 0.900.